The molecule has 0 radical (unpaired) electrons. The normalized spacial score (nSPS) is 14.2. The number of benzene rings is 1. The summed E-state index contributed by atoms with van der Waals surface area (Å²) in [7, 11) is 0. The number of piperazine rings is 1. The van der Waals surface area contributed by atoms with Gasteiger partial charge in [0.05, 0.1) is 24.2 Å². The molecule has 1 fully saturated rings. The first-order valence-electron chi connectivity index (χ1n) is 8.13. The molecule has 0 spiro atoms. The number of para-hydroxylation sites is 2. The zero-order chi connectivity index (χ0) is 17.9. The van der Waals surface area contributed by atoms with Crippen molar-refractivity contribution in [1.29, 1.82) is 0 Å². The van der Waals surface area contributed by atoms with Crippen LogP contribution in [-0.4, -0.2) is 36.6 Å². The number of carbonyl (C=O) groups excluding carboxylic acids is 2. The first-order chi connectivity index (χ1) is 12.7. The Morgan fingerprint density at radius 2 is 2.08 bits per heavy atom. The summed E-state index contributed by atoms with van der Waals surface area (Å²) >= 11 is 0. The molecule has 2 amide bonds. The molecule has 4 rings (SSSR count). The summed E-state index contributed by atoms with van der Waals surface area (Å²) < 4.78 is 10.4. The lowest BCUT2D eigenvalue weighted by Gasteiger charge is -2.30. The Morgan fingerprint density at radius 1 is 1.19 bits per heavy atom. The van der Waals surface area contributed by atoms with Gasteiger partial charge in [0.25, 0.3) is 5.91 Å². The van der Waals surface area contributed by atoms with Crippen LogP contribution < -0.4 is 15.5 Å². The molecule has 132 valence electrons. The third-order valence-corrected chi connectivity index (χ3v) is 4.04. The van der Waals surface area contributed by atoms with Crippen molar-refractivity contribution in [2.75, 3.05) is 29.9 Å². The predicted octanol–water partition coefficient (Wildman–Crippen LogP) is 2.12. The Labute approximate surface area is 148 Å². The van der Waals surface area contributed by atoms with Crippen molar-refractivity contribution in [3.05, 3.63) is 54.4 Å². The zero-order valence-electron chi connectivity index (χ0n) is 13.8. The van der Waals surface area contributed by atoms with Crippen LogP contribution in [0.1, 0.15) is 10.5 Å². The van der Waals surface area contributed by atoms with Crippen molar-refractivity contribution in [3.63, 3.8) is 0 Å². The van der Waals surface area contributed by atoms with Crippen LogP contribution in [-0.2, 0) is 4.79 Å². The molecule has 0 bridgehead atoms. The summed E-state index contributed by atoms with van der Waals surface area (Å²) in [5, 5.41) is 9.41. The molecule has 1 saturated heterocycles. The molecule has 26 heavy (non-hydrogen) atoms. The molecule has 1 aliphatic rings. The second kappa shape index (κ2) is 6.75. The van der Waals surface area contributed by atoms with E-state index in [9.17, 15) is 9.59 Å². The molecule has 0 unspecified atom stereocenters. The van der Waals surface area contributed by atoms with Crippen LogP contribution in [0.2, 0.25) is 0 Å². The summed E-state index contributed by atoms with van der Waals surface area (Å²) in [4.78, 5) is 26.1. The van der Waals surface area contributed by atoms with Gasteiger partial charge in [0, 0.05) is 19.2 Å². The molecule has 3 heterocycles. The van der Waals surface area contributed by atoms with Gasteiger partial charge >= 0.3 is 0 Å². The highest BCUT2D eigenvalue weighted by Gasteiger charge is 2.21. The first-order valence-corrected chi connectivity index (χ1v) is 8.13. The molecule has 8 heteroatoms. The van der Waals surface area contributed by atoms with Crippen molar-refractivity contribution in [1.82, 2.24) is 10.5 Å². The van der Waals surface area contributed by atoms with Gasteiger partial charge in [-0.3, -0.25) is 9.59 Å². The van der Waals surface area contributed by atoms with Crippen LogP contribution in [0.15, 0.2) is 57.7 Å². The van der Waals surface area contributed by atoms with Crippen LogP contribution in [0.25, 0.3) is 11.5 Å². The first kappa shape index (κ1) is 15.9. The van der Waals surface area contributed by atoms with Crippen molar-refractivity contribution in [2.45, 2.75) is 0 Å². The number of aromatic nitrogens is 1. The van der Waals surface area contributed by atoms with Crippen molar-refractivity contribution < 1.29 is 18.5 Å². The number of carbonyl (C=O) groups is 2. The smallest absolute Gasteiger partial charge is 0.277 e. The monoisotopic (exact) mass is 352 g/mol. The van der Waals surface area contributed by atoms with Gasteiger partial charge in [-0.15, -0.1) is 0 Å². The largest absolute Gasteiger partial charge is 0.461 e. The van der Waals surface area contributed by atoms with Gasteiger partial charge in [-0.2, -0.15) is 0 Å². The molecule has 1 aliphatic heterocycles. The van der Waals surface area contributed by atoms with Crippen LogP contribution in [0.3, 0.4) is 0 Å². The lowest BCUT2D eigenvalue weighted by atomic mass is 10.2. The summed E-state index contributed by atoms with van der Waals surface area (Å²) in [6.45, 7) is 1.49. The number of hydrogen-bond acceptors (Lipinski definition) is 6. The lowest BCUT2D eigenvalue weighted by Crippen LogP contribution is -2.47. The average molecular weight is 352 g/mol. The van der Waals surface area contributed by atoms with Gasteiger partial charge < -0.3 is 24.5 Å². The fraction of sp³-hybridized carbons (Fsp3) is 0.167. The quantitative estimate of drug-likeness (QED) is 0.746. The van der Waals surface area contributed by atoms with Crippen LogP contribution in [0.5, 0.6) is 0 Å². The van der Waals surface area contributed by atoms with E-state index in [1.165, 1.54) is 12.3 Å². The van der Waals surface area contributed by atoms with Crippen molar-refractivity contribution >= 4 is 23.2 Å². The second-order valence-electron chi connectivity index (χ2n) is 5.80. The van der Waals surface area contributed by atoms with Crippen LogP contribution in [0, 0.1) is 0 Å². The van der Waals surface area contributed by atoms with E-state index in [0.29, 0.717) is 30.3 Å². The number of nitrogens with zero attached hydrogens (tertiary/aromatic N) is 2. The van der Waals surface area contributed by atoms with Gasteiger partial charge in [-0.1, -0.05) is 17.3 Å². The predicted molar refractivity (Wildman–Crippen MR) is 93.8 cm³/mol. The minimum atomic E-state index is -0.402. The Morgan fingerprint density at radius 3 is 2.88 bits per heavy atom. The Hall–Kier alpha value is -3.55. The topological polar surface area (TPSA) is 101 Å². The SMILES string of the molecule is O=C1CN(c2ccccc2NC(=O)c2cc(-c3ccco3)on2)CCN1. The number of amides is 2. The third-order valence-electron chi connectivity index (χ3n) is 4.04. The van der Waals surface area contributed by atoms with E-state index >= 15 is 0 Å². The highest BCUT2D eigenvalue weighted by Crippen LogP contribution is 2.27. The lowest BCUT2D eigenvalue weighted by molar-refractivity contribution is -0.120. The van der Waals surface area contributed by atoms with Gasteiger partial charge in [0.15, 0.2) is 11.5 Å². The molecular weight excluding hydrogens is 336 g/mol. The molecule has 0 aliphatic carbocycles. The molecular formula is C18H16N4O4. The average Bonchev–Trinajstić information content (AvgIpc) is 3.34. The van der Waals surface area contributed by atoms with Gasteiger partial charge in [0.1, 0.15) is 0 Å². The minimum absolute atomic E-state index is 0.0445. The van der Waals surface area contributed by atoms with Gasteiger partial charge in [-0.25, -0.2) is 0 Å². The van der Waals surface area contributed by atoms with E-state index in [2.05, 4.69) is 15.8 Å². The molecule has 3 aromatic rings. The molecule has 8 nitrogen and oxygen atoms in total. The molecule has 2 N–H and O–H groups in total. The minimum Gasteiger partial charge on any atom is -0.461 e. The fourth-order valence-corrected chi connectivity index (χ4v) is 2.80. The molecule has 0 atom stereocenters. The molecule has 0 saturated carbocycles. The number of furan rings is 1. The maximum Gasteiger partial charge on any atom is 0.277 e. The van der Waals surface area contributed by atoms with E-state index in [-0.39, 0.29) is 18.1 Å². The highest BCUT2D eigenvalue weighted by atomic mass is 16.5. The van der Waals surface area contributed by atoms with E-state index in [0.717, 1.165) is 5.69 Å². The maximum atomic E-state index is 12.5. The van der Waals surface area contributed by atoms with Gasteiger partial charge in [-0.05, 0) is 24.3 Å². The number of anilines is 2. The van der Waals surface area contributed by atoms with E-state index in [4.69, 9.17) is 8.94 Å². The van der Waals surface area contributed by atoms with E-state index in [1.807, 2.05) is 23.1 Å². The Balaban J connectivity index is 1.54. The number of hydrogen-bond donors (Lipinski definition) is 2. The second-order valence-corrected chi connectivity index (χ2v) is 5.80. The van der Waals surface area contributed by atoms with Crippen LogP contribution >= 0.6 is 0 Å². The zero-order valence-corrected chi connectivity index (χ0v) is 13.8. The van der Waals surface area contributed by atoms with Gasteiger partial charge in [0.2, 0.25) is 11.7 Å². The third kappa shape index (κ3) is 3.16. The summed E-state index contributed by atoms with van der Waals surface area (Å²) in [5.41, 5.74) is 1.53. The Kier molecular flexibility index (Phi) is 4.14. The number of nitrogens with one attached hydrogen (secondary N) is 2. The van der Waals surface area contributed by atoms with Crippen molar-refractivity contribution in [3.8, 4) is 11.5 Å². The summed E-state index contributed by atoms with van der Waals surface area (Å²) in [5.74, 6) is 0.426. The van der Waals surface area contributed by atoms with Crippen LogP contribution in [0.4, 0.5) is 11.4 Å². The standard InChI is InChI=1S/C18H16N4O4/c23-17-11-22(8-7-19-17)14-5-2-1-4-12(14)20-18(24)13-10-16(26-21-13)15-6-3-9-25-15/h1-6,9-10H,7-8,11H2,(H,19,23)(H,20,24). The Bertz CT molecular complexity index is 932. The summed E-state index contributed by atoms with van der Waals surface area (Å²) in [6.07, 6.45) is 1.52. The van der Waals surface area contributed by atoms with E-state index in [1.54, 1.807) is 18.2 Å². The van der Waals surface area contributed by atoms with Crippen molar-refractivity contribution in [2.24, 2.45) is 0 Å². The van der Waals surface area contributed by atoms with E-state index < -0.39 is 5.91 Å². The number of rotatable bonds is 4. The maximum absolute atomic E-state index is 12.5. The molecule has 1 aromatic carbocycles. The fourth-order valence-electron chi connectivity index (χ4n) is 2.80. The summed E-state index contributed by atoms with van der Waals surface area (Å²) in [6, 6.07) is 12.3. The molecule has 2 aromatic heterocycles. The highest BCUT2D eigenvalue weighted by molar-refractivity contribution is 6.05.